The van der Waals surface area contributed by atoms with E-state index in [1.165, 1.54) is 37.7 Å². The number of ether oxygens (including phenoxy) is 1. The van der Waals surface area contributed by atoms with Crippen LogP contribution in [-0.2, 0) is 22.4 Å². The molecule has 0 aromatic heterocycles. The topological polar surface area (TPSA) is 75.6 Å². The Bertz CT molecular complexity index is 1260. The number of benzene rings is 3. The van der Waals surface area contributed by atoms with Crippen molar-refractivity contribution in [2.75, 3.05) is 6.61 Å². The lowest BCUT2D eigenvalue weighted by molar-refractivity contribution is -0.143. The number of hydrogen-bond acceptors (Lipinski definition) is 3. The number of aliphatic carboxylic acids is 1. The maximum Gasteiger partial charge on any atom is 0.326 e. The smallest absolute Gasteiger partial charge is 0.326 e. The van der Waals surface area contributed by atoms with Crippen LogP contribution in [0.4, 0.5) is 0 Å². The lowest BCUT2D eigenvalue weighted by Crippen LogP contribution is -2.47. The van der Waals surface area contributed by atoms with Crippen LogP contribution in [0.3, 0.4) is 0 Å². The van der Waals surface area contributed by atoms with Gasteiger partial charge >= 0.3 is 5.97 Å². The van der Waals surface area contributed by atoms with Crippen LogP contribution in [0.2, 0.25) is 0 Å². The summed E-state index contributed by atoms with van der Waals surface area (Å²) >= 11 is 0. The van der Waals surface area contributed by atoms with Crippen LogP contribution in [0.5, 0.6) is 5.75 Å². The monoisotopic (exact) mass is 569 g/mol. The molecule has 5 heteroatoms. The summed E-state index contributed by atoms with van der Waals surface area (Å²) < 4.78 is 6.04. The molecule has 0 aliphatic heterocycles. The largest absolute Gasteiger partial charge is 0.493 e. The van der Waals surface area contributed by atoms with Crippen LogP contribution in [0, 0.1) is 17.3 Å². The van der Waals surface area contributed by atoms with Gasteiger partial charge in [0.2, 0.25) is 5.91 Å². The van der Waals surface area contributed by atoms with Gasteiger partial charge in [-0.2, -0.15) is 0 Å². The van der Waals surface area contributed by atoms with Crippen LogP contribution in [0.25, 0.3) is 11.1 Å². The first kappa shape index (κ1) is 31.3. The number of carbonyl (C=O) groups excluding carboxylic acids is 1. The first-order chi connectivity index (χ1) is 20.2. The molecule has 1 aliphatic rings. The number of carboxylic acids is 1. The fraction of sp³-hybridized carbons (Fsp3) is 0.459. The van der Waals surface area contributed by atoms with E-state index in [0.717, 1.165) is 41.9 Å². The molecule has 0 heterocycles. The zero-order valence-corrected chi connectivity index (χ0v) is 25.5. The maximum atomic E-state index is 13.4. The van der Waals surface area contributed by atoms with Gasteiger partial charge in [0.05, 0.1) is 6.61 Å². The first-order valence-electron chi connectivity index (χ1n) is 15.6. The molecular weight excluding hydrogens is 522 g/mol. The van der Waals surface area contributed by atoms with Gasteiger partial charge in [0.25, 0.3) is 0 Å². The molecule has 0 bridgehead atoms. The summed E-state index contributed by atoms with van der Waals surface area (Å²) in [5.41, 5.74) is 3.98. The predicted octanol–water partition coefficient (Wildman–Crippen LogP) is 8.11. The summed E-state index contributed by atoms with van der Waals surface area (Å²) in [4.78, 5) is 25.5. The molecule has 3 aromatic rings. The standard InChI is InChI=1S/C37H47NO4/c1-37(2,3)33(16-10-15-27-11-6-4-7-12-27)35(39)38-34(36(40)41)25-28-17-19-30(20-18-28)31-21-23-32(24-22-31)42-26-29-13-8-5-9-14-29/h4,6-7,11-12,17-24,29,33-34H,5,8-10,13-16,25-26H2,1-3H3,(H,38,39)(H,40,41)/t33-,34+/m1/s1. The van der Waals surface area contributed by atoms with Gasteiger partial charge in [-0.25, -0.2) is 4.79 Å². The number of nitrogens with one attached hydrogen (secondary N) is 1. The molecule has 3 aromatic carbocycles. The van der Waals surface area contributed by atoms with Crippen molar-refractivity contribution in [1.29, 1.82) is 0 Å². The zero-order valence-electron chi connectivity index (χ0n) is 25.5. The number of aryl methyl sites for hydroxylation is 1. The van der Waals surface area contributed by atoms with Gasteiger partial charge in [0, 0.05) is 12.3 Å². The molecule has 4 rings (SSSR count). The zero-order chi connectivity index (χ0) is 30.0. The molecule has 224 valence electrons. The Balaban J connectivity index is 1.32. The minimum absolute atomic E-state index is 0.189. The van der Waals surface area contributed by atoms with E-state index in [-0.39, 0.29) is 23.7 Å². The van der Waals surface area contributed by atoms with Crippen molar-refractivity contribution < 1.29 is 19.4 Å². The van der Waals surface area contributed by atoms with Crippen LogP contribution >= 0.6 is 0 Å². The lowest BCUT2D eigenvalue weighted by atomic mass is 9.77. The molecule has 0 spiro atoms. The van der Waals surface area contributed by atoms with E-state index in [4.69, 9.17) is 4.74 Å². The van der Waals surface area contributed by atoms with Crippen molar-refractivity contribution in [1.82, 2.24) is 5.32 Å². The highest BCUT2D eigenvalue weighted by atomic mass is 16.5. The summed E-state index contributed by atoms with van der Waals surface area (Å²) in [6.07, 6.45) is 9.21. The number of amides is 1. The van der Waals surface area contributed by atoms with Gasteiger partial charge in [-0.3, -0.25) is 4.79 Å². The Morgan fingerprint density at radius 3 is 2.07 bits per heavy atom. The molecule has 0 saturated heterocycles. The second kappa shape index (κ2) is 15.0. The highest BCUT2D eigenvalue weighted by molar-refractivity contribution is 5.85. The molecule has 1 aliphatic carbocycles. The molecular formula is C37H47NO4. The van der Waals surface area contributed by atoms with E-state index in [1.807, 2.05) is 75.4 Å². The van der Waals surface area contributed by atoms with Crippen LogP contribution in [0.1, 0.15) is 76.8 Å². The molecule has 2 N–H and O–H groups in total. The number of rotatable bonds is 13. The molecule has 2 atom stereocenters. The van der Waals surface area contributed by atoms with Crippen LogP contribution in [0.15, 0.2) is 78.9 Å². The van der Waals surface area contributed by atoms with Gasteiger partial charge in [-0.15, -0.1) is 0 Å². The van der Waals surface area contributed by atoms with E-state index >= 15 is 0 Å². The third kappa shape index (κ3) is 9.47. The average molecular weight is 570 g/mol. The second-order valence-corrected chi connectivity index (χ2v) is 12.9. The van der Waals surface area contributed by atoms with Crippen LogP contribution in [-0.4, -0.2) is 29.6 Å². The maximum absolute atomic E-state index is 13.4. The quantitative estimate of drug-likeness (QED) is 0.218. The highest BCUT2D eigenvalue weighted by Crippen LogP contribution is 2.31. The van der Waals surface area contributed by atoms with E-state index in [9.17, 15) is 14.7 Å². The Labute approximate surface area is 251 Å². The van der Waals surface area contributed by atoms with E-state index < -0.39 is 12.0 Å². The second-order valence-electron chi connectivity index (χ2n) is 12.9. The molecule has 1 fully saturated rings. The average Bonchev–Trinajstić information content (AvgIpc) is 2.99. The minimum atomic E-state index is -1.02. The molecule has 1 saturated carbocycles. The van der Waals surface area contributed by atoms with Gasteiger partial charge < -0.3 is 15.2 Å². The minimum Gasteiger partial charge on any atom is -0.493 e. The van der Waals surface area contributed by atoms with E-state index in [1.54, 1.807) is 0 Å². The third-order valence-corrected chi connectivity index (χ3v) is 8.57. The summed E-state index contributed by atoms with van der Waals surface area (Å²) in [5.74, 6) is 0.0811. The first-order valence-corrected chi connectivity index (χ1v) is 15.6. The Morgan fingerprint density at radius 1 is 0.857 bits per heavy atom. The van der Waals surface area contributed by atoms with Gasteiger partial charge in [0.1, 0.15) is 11.8 Å². The van der Waals surface area contributed by atoms with Gasteiger partial charge in [0.15, 0.2) is 0 Å². The predicted molar refractivity (Wildman–Crippen MR) is 170 cm³/mol. The highest BCUT2D eigenvalue weighted by Gasteiger charge is 2.33. The fourth-order valence-corrected chi connectivity index (χ4v) is 5.97. The van der Waals surface area contributed by atoms with Crippen molar-refractivity contribution in [2.24, 2.45) is 17.3 Å². The third-order valence-electron chi connectivity index (χ3n) is 8.57. The summed E-state index contributed by atoms with van der Waals surface area (Å²) in [6.45, 7) is 6.93. The van der Waals surface area contributed by atoms with Crippen molar-refractivity contribution in [3.8, 4) is 16.9 Å². The molecule has 5 nitrogen and oxygen atoms in total. The van der Waals surface area contributed by atoms with Gasteiger partial charge in [-0.1, -0.05) is 107 Å². The summed E-state index contributed by atoms with van der Waals surface area (Å²) in [5, 5.41) is 12.8. The molecule has 0 radical (unpaired) electrons. The summed E-state index contributed by atoms with van der Waals surface area (Å²) in [6, 6.07) is 25.4. The van der Waals surface area contributed by atoms with E-state index in [2.05, 4.69) is 29.6 Å². The van der Waals surface area contributed by atoms with Crippen molar-refractivity contribution in [3.63, 3.8) is 0 Å². The van der Waals surface area contributed by atoms with Crippen molar-refractivity contribution in [3.05, 3.63) is 90.0 Å². The van der Waals surface area contributed by atoms with Crippen molar-refractivity contribution >= 4 is 11.9 Å². The Hall–Kier alpha value is -3.60. The number of hydrogen-bond donors (Lipinski definition) is 2. The molecule has 0 unspecified atom stereocenters. The SMILES string of the molecule is CC(C)(C)[C@H](CCCc1ccccc1)C(=O)N[C@@H](Cc1ccc(-c2ccc(OCC3CCCCC3)cc2)cc1)C(=O)O. The number of carbonyl (C=O) groups is 2. The van der Waals surface area contributed by atoms with Crippen LogP contribution < -0.4 is 10.1 Å². The summed E-state index contributed by atoms with van der Waals surface area (Å²) in [7, 11) is 0. The van der Waals surface area contributed by atoms with E-state index in [0.29, 0.717) is 12.3 Å². The Kier molecular flexibility index (Phi) is 11.2. The molecule has 1 amide bonds. The van der Waals surface area contributed by atoms with Gasteiger partial charge in [-0.05, 0) is 77.8 Å². The lowest BCUT2D eigenvalue weighted by Gasteiger charge is -2.31. The molecule has 42 heavy (non-hydrogen) atoms. The normalized spacial score (nSPS) is 15.5. The number of carboxylic acid groups (broad SMARTS) is 1. The van der Waals surface area contributed by atoms with Crippen molar-refractivity contribution in [2.45, 2.75) is 84.6 Å². The Morgan fingerprint density at radius 2 is 1.48 bits per heavy atom. The fourth-order valence-electron chi connectivity index (χ4n) is 5.97.